The highest BCUT2D eigenvalue weighted by atomic mass is 16.3. The Hall–Kier alpha value is -0.610. The molecule has 58 valence electrons. The molecule has 1 amide bonds. The van der Waals surface area contributed by atoms with Crippen LogP contribution in [0.3, 0.4) is 0 Å². The van der Waals surface area contributed by atoms with Crippen LogP contribution in [-0.2, 0) is 4.79 Å². The molecule has 0 aromatic carbocycles. The number of hydrogen-bond acceptors (Lipinski definition) is 3. The lowest BCUT2D eigenvalue weighted by atomic mass is 9.78. The van der Waals surface area contributed by atoms with Gasteiger partial charge in [-0.05, 0) is 6.42 Å². The molecule has 1 aliphatic rings. The molecule has 4 nitrogen and oxygen atoms in total. The number of nitrogens with one attached hydrogen (secondary N) is 1. The van der Waals surface area contributed by atoms with Crippen LogP contribution in [0.5, 0.6) is 0 Å². The first-order chi connectivity index (χ1) is 4.71. The molecule has 0 spiro atoms. The lowest BCUT2D eigenvalue weighted by molar-refractivity contribution is -0.131. The summed E-state index contributed by atoms with van der Waals surface area (Å²) in [6.45, 7) is 1.26. The summed E-state index contributed by atoms with van der Waals surface area (Å²) >= 11 is 0. The molecule has 0 aromatic rings. The highest BCUT2D eigenvalue weighted by Crippen LogP contribution is 2.25. The minimum Gasteiger partial charge on any atom is -0.396 e. The topological polar surface area (TPSA) is 75.4 Å². The molecule has 0 atom stereocenters. The molecular weight excluding hydrogens is 132 g/mol. The van der Waals surface area contributed by atoms with Crippen LogP contribution in [0.4, 0.5) is 0 Å². The standard InChI is InChI=1S/C6H12N2O2/c7-5(10)6(1-2-9)3-8-4-6/h8-9H,1-4H2,(H2,7,10). The lowest BCUT2D eigenvalue weighted by Gasteiger charge is -2.39. The molecule has 0 aromatic heterocycles. The number of amides is 1. The van der Waals surface area contributed by atoms with Crippen molar-refractivity contribution in [1.82, 2.24) is 5.32 Å². The van der Waals surface area contributed by atoms with Crippen LogP contribution >= 0.6 is 0 Å². The van der Waals surface area contributed by atoms with Crippen molar-refractivity contribution in [3.05, 3.63) is 0 Å². The summed E-state index contributed by atoms with van der Waals surface area (Å²) in [4.78, 5) is 10.8. The third-order valence-corrected chi connectivity index (χ3v) is 2.04. The monoisotopic (exact) mass is 144 g/mol. The Morgan fingerprint density at radius 1 is 1.70 bits per heavy atom. The zero-order valence-corrected chi connectivity index (χ0v) is 5.76. The van der Waals surface area contributed by atoms with E-state index in [-0.39, 0.29) is 12.5 Å². The number of aliphatic hydroxyl groups excluding tert-OH is 1. The van der Waals surface area contributed by atoms with E-state index < -0.39 is 5.41 Å². The van der Waals surface area contributed by atoms with Gasteiger partial charge in [-0.15, -0.1) is 0 Å². The summed E-state index contributed by atoms with van der Waals surface area (Å²) in [6.07, 6.45) is 0.481. The summed E-state index contributed by atoms with van der Waals surface area (Å²) in [5.74, 6) is -0.305. The molecule has 10 heavy (non-hydrogen) atoms. The summed E-state index contributed by atoms with van der Waals surface area (Å²) in [5, 5.41) is 11.5. The predicted molar refractivity (Wildman–Crippen MR) is 36.2 cm³/mol. The van der Waals surface area contributed by atoms with E-state index in [1.54, 1.807) is 0 Å². The largest absolute Gasteiger partial charge is 0.396 e. The number of primary amides is 1. The van der Waals surface area contributed by atoms with E-state index in [0.717, 1.165) is 0 Å². The maximum Gasteiger partial charge on any atom is 0.226 e. The van der Waals surface area contributed by atoms with Crippen LogP contribution < -0.4 is 11.1 Å². The van der Waals surface area contributed by atoms with Crippen LogP contribution in [0, 0.1) is 5.41 Å². The number of nitrogens with two attached hydrogens (primary N) is 1. The van der Waals surface area contributed by atoms with Gasteiger partial charge in [-0.1, -0.05) is 0 Å². The second-order valence-corrected chi connectivity index (χ2v) is 2.72. The highest BCUT2D eigenvalue weighted by Gasteiger charge is 2.41. The van der Waals surface area contributed by atoms with E-state index in [1.807, 2.05) is 0 Å². The zero-order valence-electron chi connectivity index (χ0n) is 5.76. The Balaban J connectivity index is 2.50. The Bertz CT molecular complexity index is 143. The van der Waals surface area contributed by atoms with Crippen molar-refractivity contribution in [2.45, 2.75) is 6.42 Å². The SMILES string of the molecule is NC(=O)C1(CCO)CNC1. The third-order valence-electron chi connectivity index (χ3n) is 2.04. The highest BCUT2D eigenvalue weighted by molar-refractivity contribution is 5.82. The van der Waals surface area contributed by atoms with E-state index in [2.05, 4.69) is 5.32 Å². The number of aliphatic hydroxyl groups is 1. The molecule has 0 aliphatic carbocycles. The van der Waals surface area contributed by atoms with Crippen LogP contribution in [0.25, 0.3) is 0 Å². The van der Waals surface area contributed by atoms with Crippen molar-refractivity contribution < 1.29 is 9.90 Å². The number of rotatable bonds is 3. The van der Waals surface area contributed by atoms with Crippen molar-refractivity contribution >= 4 is 5.91 Å². The molecule has 1 rings (SSSR count). The van der Waals surface area contributed by atoms with Crippen molar-refractivity contribution in [3.8, 4) is 0 Å². The van der Waals surface area contributed by atoms with Crippen LogP contribution in [0.15, 0.2) is 0 Å². The van der Waals surface area contributed by atoms with Gasteiger partial charge in [0.1, 0.15) is 0 Å². The first-order valence-electron chi connectivity index (χ1n) is 3.33. The van der Waals surface area contributed by atoms with Gasteiger partial charge in [0.25, 0.3) is 0 Å². The fourth-order valence-corrected chi connectivity index (χ4v) is 1.11. The minimum atomic E-state index is -0.450. The first-order valence-corrected chi connectivity index (χ1v) is 3.33. The molecule has 1 aliphatic heterocycles. The second-order valence-electron chi connectivity index (χ2n) is 2.72. The van der Waals surface area contributed by atoms with Crippen LogP contribution in [0.1, 0.15) is 6.42 Å². The first kappa shape index (κ1) is 7.50. The number of carbonyl (C=O) groups is 1. The van der Waals surface area contributed by atoms with Crippen LogP contribution in [0.2, 0.25) is 0 Å². The molecule has 4 N–H and O–H groups in total. The molecule has 4 heteroatoms. The molecule has 1 heterocycles. The number of carbonyl (C=O) groups excluding carboxylic acids is 1. The van der Waals surface area contributed by atoms with Gasteiger partial charge in [0.2, 0.25) is 5.91 Å². The van der Waals surface area contributed by atoms with Gasteiger partial charge < -0.3 is 16.2 Å². The predicted octanol–water partition coefficient (Wildman–Crippen LogP) is -1.56. The fraction of sp³-hybridized carbons (Fsp3) is 0.833. The molecule has 0 bridgehead atoms. The lowest BCUT2D eigenvalue weighted by Crippen LogP contribution is -2.60. The van der Waals surface area contributed by atoms with Crippen LogP contribution in [-0.4, -0.2) is 30.7 Å². The zero-order chi connectivity index (χ0) is 7.61. The summed E-state index contributed by atoms with van der Waals surface area (Å²) in [6, 6.07) is 0. The maximum absolute atomic E-state index is 10.8. The maximum atomic E-state index is 10.8. The second kappa shape index (κ2) is 2.56. The van der Waals surface area contributed by atoms with Crippen molar-refractivity contribution in [2.24, 2.45) is 11.1 Å². The van der Waals surface area contributed by atoms with Gasteiger partial charge in [0, 0.05) is 19.7 Å². The Kier molecular flexibility index (Phi) is 1.92. The average Bonchev–Trinajstić information content (AvgIpc) is 1.77. The molecule has 0 saturated carbocycles. The molecule has 1 fully saturated rings. The van der Waals surface area contributed by atoms with Gasteiger partial charge in [-0.3, -0.25) is 4.79 Å². The van der Waals surface area contributed by atoms with Crippen molar-refractivity contribution in [2.75, 3.05) is 19.7 Å². The van der Waals surface area contributed by atoms with E-state index >= 15 is 0 Å². The molecule has 0 radical (unpaired) electrons. The summed E-state index contributed by atoms with van der Waals surface area (Å²) in [7, 11) is 0. The van der Waals surface area contributed by atoms with Gasteiger partial charge in [0.15, 0.2) is 0 Å². The van der Waals surface area contributed by atoms with E-state index in [0.29, 0.717) is 19.5 Å². The molecular formula is C6H12N2O2. The van der Waals surface area contributed by atoms with Gasteiger partial charge in [-0.2, -0.15) is 0 Å². The third kappa shape index (κ3) is 0.998. The van der Waals surface area contributed by atoms with Gasteiger partial charge in [0.05, 0.1) is 5.41 Å². The Labute approximate surface area is 59.4 Å². The van der Waals surface area contributed by atoms with E-state index in [4.69, 9.17) is 10.8 Å². The van der Waals surface area contributed by atoms with Crippen molar-refractivity contribution in [1.29, 1.82) is 0 Å². The van der Waals surface area contributed by atoms with Gasteiger partial charge in [-0.25, -0.2) is 0 Å². The molecule has 1 saturated heterocycles. The van der Waals surface area contributed by atoms with E-state index in [1.165, 1.54) is 0 Å². The fourth-order valence-electron chi connectivity index (χ4n) is 1.11. The summed E-state index contributed by atoms with van der Waals surface area (Å²) < 4.78 is 0. The molecule has 0 unspecified atom stereocenters. The smallest absolute Gasteiger partial charge is 0.226 e. The number of hydrogen-bond donors (Lipinski definition) is 3. The van der Waals surface area contributed by atoms with Crippen molar-refractivity contribution in [3.63, 3.8) is 0 Å². The quantitative estimate of drug-likeness (QED) is 0.448. The Morgan fingerprint density at radius 2 is 2.30 bits per heavy atom. The van der Waals surface area contributed by atoms with Gasteiger partial charge >= 0.3 is 0 Å². The summed E-state index contributed by atoms with van der Waals surface area (Å²) in [5.41, 5.74) is 4.68. The normalized spacial score (nSPS) is 21.7. The Morgan fingerprint density at radius 3 is 2.40 bits per heavy atom. The average molecular weight is 144 g/mol. The minimum absolute atomic E-state index is 0.0324. The van der Waals surface area contributed by atoms with E-state index in [9.17, 15) is 4.79 Å².